The summed E-state index contributed by atoms with van der Waals surface area (Å²) in [5.74, 6) is 0.907. The molecule has 9 heteroatoms. The van der Waals surface area contributed by atoms with E-state index in [0.717, 1.165) is 18.4 Å². The Balaban J connectivity index is 2.05. The van der Waals surface area contributed by atoms with Gasteiger partial charge in [-0.3, -0.25) is 5.73 Å². The van der Waals surface area contributed by atoms with Crippen LogP contribution < -0.4 is 27.7 Å². The van der Waals surface area contributed by atoms with Gasteiger partial charge in [0.05, 0.1) is 11.1 Å². The summed E-state index contributed by atoms with van der Waals surface area (Å²) in [6, 6.07) is 5.43. The van der Waals surface area contributed by atoms with Gasteiger partial charge in [-0.2, -0.15) is 5.10 Å². The maximum Gasteiger partial charge on any atom is 0.163 e. The molecule has 0 aliphatic heterocycles. The van der Waals surface area contributed by atoms with Crippen LogP contribution in [0.3, 0.4) is 0 Å². The SMILES string of the molecule is CC(N)Oc1ccc(-c2nn(CCCCN)c3ncnc(N)c23)cc1N. The number of nitrogens with zero attached hydrogens (tertiary/aromatic N) is 4. The molecule has 138 valence electrons. The number of anilines is 2. The van der Waals surface area contributed by atoms with Gasteiger partial charge in [-0.25, -0.2) is 14.6 Å². The Kier molecular flexibility index (Phi) is 5.19. The third-order valence-corrected chi connectivity index (χ3v) is 3.98. The minimum atomic E-state index is -0.449. The Morgan fingerprint density at radius 1 is 1.19 bits per heavy atom. The first-order chi connectivity index (χ1) is 12.5. The van der Waals surface area contributed by atoms with Crippen molar-refractivity contribution in [1.82, 2.24) is 19.7 Å². The van der Waals surface area contributed by atoms with Crippen LogP contribution in [0.5, 0.6) is 5.75 Å². The first kappa shape index (κ1) is 17.9. The Morgan fingerprint density at radius 3 is 2.69 bits per heavy atom. The summed E-state index contributed by atoms with van der Waals surface area (Å²) in [5, 5.41) is 5.41. The van der Waals surface area contributed by atoms with Crippen molar-refractivity contribution in [2.45, 2.75) is 32.5 Å². The minimum Gasteiger partial charge on any atom is -0.474 e. The molecule has 3 rings (SSSR count). The standard InChI is InChI=1S/C17H24N8O/c1-10(19)26-13-5-4-11(8-12(13)20)15-14-16(21)22-9-23-17(14)25(24-15)7-3-2-6-18/h4-5,8-10H,2-3,6-7,18-20H2,1H3,(H2,21,22,23). The van der Waals surface area contributed by atoms with E-state index in [1.807, 2.05) is 10.7 Å². The van der Waals surface area contributed by atoms with Crippen LogP contribution in [0.25, 0.3) is 22.3 Å². The van der Waals surface area contributed by atoms with Crippen molar-refractivity contribution in [3.05, 3.63) is 24.5 Å². The predicted molar refractivity (Wildman–Crippen MR) is 102 cm³/mol. The van der Waals surface area contributed by atoms with Crippen LogP contribution in [-0.2, 0) is 6.54 Å². The van der Waals surface area contributed by atoms with Crippen molar-refractivity contribution in [3.8, 4) is 17.0 Å². The van der Waals surface area contributed by atoms with Gasteiger partial charge in [0.2, 0.25) is 0 Å². The zero-order valence-electron chi connectivity index (χ0n) is 14.7. The number of nitrogens with two attached hydrogens (primary N) is 4. The molecule has 1 unspecified atom stereocenters. The third-order valence-electron chi connectivity index (χ3n) is 3.98. The predicted octanol–water partition coefficient (Wildman–Crippen LogP) is 1.08. The molecule has 0 bridgehead atoms. The number of benzene rings is 1. The van der Waals surface area contributed by atoms with Gasteiger partial charge in [-0.05, 0) is 44.5 Å². The lowest BCUT2D eigenvalue weighted by Gasteiger charge is -2.12. The van der Waals surface area contributed by atoms with E-state index in [0.29, 0.717) is 47.1 Å². The van der Waals surface area contributed by atoms with Crippen molar-refractivity contribution in [1.29, 1.82) is 0 Å². The van der Waals surface area contributed by atoms with Gasteiger partial charge in [0.25, 0.3) is 0 Å². The van der Waals surface area contributed by atoms with E-state index in [2.05, 4.69) is 9.97 Å². The molecule has 0 spiro atoms. The van der Waals surface area contributed by atoms with E-state index in [9.17, 15) is 0 Å². The van der Waals surface area contributed by atoms with Gasteiger partial charge in [-0.15, -0.1) is 0 Å². The minimum absolute atomic E-state index is 0.379. The lowest BCUT2D eigenvalue weighted by Crippen LogP contribution is -2.22. The summed E-state index contributed by atoms with van der Waals surface area (Å²) in [4.78, 5) is 8.46. The maximum absolute atomic E-state index is 6.10. The van der Waals surface area contributed by atoms with Gasteiger partial charge >= 0.3 is 0 Å². The summed E-state index contributed by atoms with van der Waals surface area (Å²) in [7, 11) is 0. The van der Waals surface area contributed by atoms with E-state index in [1.165, 1.54) is 6.33 Å². The molecule has 0 radical (unpaired) electrons. The number of aromatic nitrogens is 4. The Labute approximate surface area is 151 Å². The van der Waals surface area contributed by atoms with E-state index in [-0.39, 0.29) is 0 Å². The first-order valence-corrected chi connectivity index (χ1v) is 8.50. The van der Waals surface area contributed by atoms with Crippen molar-refractivity contribution in [2.75, 3.05) is 18.0 Å². The molecule has 0 amide bonds. The molecule has 2 heterocycles. The highest BCUT2D eigenvalue weighted by Gasteiger charge is 2.18. The highest BCUT2D eigenvalue weighted by Crippen LogP contribution is 2.34. The molecule has 0 aliphatic rings. The van der Waals surface area contributed by atoms with Crippen LogP contribution in [-0.4, -0.2) is 32.5 Å². The molecule has 0 fully saturated rings. The van der Waals surface area contributed by atoms with Gasteiger partial charge in [-0.1, -0.05) is 0 Å². The van der Waals surface area contributed by atoms with E-state index in [4.69, 9.17) is 32.8 Å². The first-order valence-electron chi connectivity index (χ1n) is 8.50. The highest BCUT2D eigenvalue weighted by molar-refractivity contribution is 5.98. The van der Waals surface area contributed by atoms with E-state index in [1.54, 1.807) is 19.1 Å². The van der Waals surface area contributed by atoms with Crippen LogP contribution in [0.1, 0.15) is 19.8 Å². The van der Waals surface area contributed by atoms with Crippen molar-refractivity contribution in [2.24, 2.45) is 11.5 Å². The molecule has 1 atom stereocenters. The number of rotatable bonds is 7. The van der Waals surface area contributed by atoms with Gasteiger partial charge < -0.3 is 21.9 Å². The number of aryl methyl sites for hydroxylation is 1. The lowest BCUT2D eigenvalue weighted by atomic mass is 10.1. The quantitative estimate of drug-likeness (QED) is 0.278. The summed E-state index contributed by atoms with van der Waals surface area (Å²) < 4.78 is 7.32. The molecule has 9 nitrogen and oxygen atoms in total. The summed E-state index contributed by atoms with van der Waals surface area (Å²) in [6.07, 6.45) is 2.80. The molecule has 8 N–H and O–H groups in total. The monoisotopic (exact) mass is 356 g/mol. The van der Waals surface area contributed by atoms with Crippen LogP contribution in [0.2, 0.25) is 0 Å². The van der Waals surface area contributed by atoms with Crippen LogP contribution in [0.15, 0.2) is 24.5 Å². The zero-order chi connectivity index (χ0) is 18.7. The Morgan fingerprint density at radius 2 is 2.00 bits per heavy atom. The fraction of sp³-hybridized carbons (Fsp3) is 0.353. The van der Waals surface area contributed by atoms with Crippen molar-refractivity contribution in [3.63, 3.8) is 0 Å². The normalized spacial score (nSPS) is 12.4. The van der Waals surface area contributed by atoms with Crippen LogP contribution >= 0.6 is 0 Å². The Hall–Kier alpha value is -2.91. The second-order valence-corrected chi connectivity index (χ2v) is 6.10. The number of fused-ring (bicyclic) bond motifs is 1. The second kappa shape index (κ2) is 7.54. The number of ether oxygens (including phenoxy) is 1. The molecule has 0 saturated carbocycles. The zero-order valence-corrected chi connectivity index (χ0v) is 14.7. The summed E-state index contributed by atoms with van der Waals surface area (Å²) >= 11 is 0. The van der Waals surface area contributed by atoms with Crippen molar-refractivity contribution >= 4 is 22.5 Å². The van der Waals surface area contributed by atoms with Crippen LogP contribution in [0, 0.1) is 0 Å². The van der Waals surface area contributed by atoms with E-state index < -0.39 is 6.23 Å². The second-order valence-electron chi connectivity index (χ2n) is 6.10. The molecule has 0 aliphatic carbocycles. The Bertz CT molecular complexity index is 905. The van der Waals surface area contributed by atoms with E-state index >= 15 is 0 Å². The smallest absolute Gasteiger partial charge is 0.163 e. The lowest BCUT2D eigenvalue weighted by molar-refractivity contribution is 0.231. The summed E-state index contributed by atoms with van der Waals surface area (Å²) in [5.41, 5.74) is 26.1. The molecular weight excluding hydrogens is 332 g/mol. The molecule has 26 heavy (non-hydrogen) atoms. The molecule has 1 aromatic carbocycles. The van der Waals surface area contributed by atoms with Gasteiger partial charge in [0, 0.05) is 12.1 Å². The summed E-state index contributed by atoms with van der Waals surface area (Å²) in [6.45, 7) is 3.08. The average molecular weight is 356 g/mol. The average Bonchev–Trinajstić information content (AvgIpc) is 2.97. The third kappa shape index (κ3) is 3.53. The van der Waals surface area contributed by atoms with Crippen molar-refractivity contribution < 1.29 is 4.74 Å². The highest BCUT2D eigenvalue weighted by atomic mass is 16.5. The molecule has 0 saturated heterocycles. The number of unbranched alkanes of at least 4 members (excludes halogenated alkanes) is 1. The number of hydrogen-bond donors (Lipinski definition) is 4. The molecular formula is C17H24N8O. The topological polar surface area (TPSA) is 157 Å². The maximum atomic E-state index is 6.10. The van der Waals surface area contributed by atoms with Crippen LogP contribution in [0.4, 0.5) is 11.5 Å². The van der Waals surface area contributed by atoms with Gasteiger partial charge in [0.1, 0.15) is 29.8 Å². The fourth-order valence-electron chi connectivity index (χ4n) is 2.80. The molecule has 3 aromatic rings. The number of hydrogen-bond acceptors (Lipinski definition) is 8. The fourth-order valence-corrected chi connectivity index (χ4v) is 2.80. The number of nitrogen functional groups attached to an aromatic ring is 2. The largest absolute Gasteiger partial charge is 0.474 e. The van der Waals surface area contributed by atoms with Gasteiger partial charge in [0.15, 0.2) is 5.65 Å². The molecule has 2 aromatic heterocycles.